The van der Waals surface area contributed by atoms with Crippen molar-refractivity contribution in [3.63, 3.8) is 0 Å². The van der Waals surface area contributed by atoms with Crippen LogP contribution in [-0.2, 0) is 0 Å². The molecule has 6 heteroatoms. The van der Waals surface area contributed by atoms with Gasteiger partial charge in [-0.1, -0.05) is 6.92 Å². The molecule has 6 nitrogen and oxygen atoms in total. The molecule has 1 amide bonds. The van der Waals surface area contributed by atoms with Crippen molar-refractivity contribution in [1.82, 2.24) is 14.8 Å². The molecular weight excluding hydrogens is 318 g/mol. The first kappa shape index (κ1) is 17.6. The first-order valence-electron chi connectivity index (χ1n) is 8.79. The van der Waals surface area contributed by atoms with E-state index < -0.39 is 0 Å². The topological polar surface area (TPSA) is 69.8 Å². The summed E-state index contributed by atoms with van der Waals surface area (Å²) < 4.78 is 5.36. The smallest absolute Gasteiger partial charge is 0.255 e. The zero-order valence-electron chi connectivity index (χ0n) is 14.8. The average Bonchev–Trinajstić information content (AvgIpc) is 3.16. The molecule has 1 fully saturated rings. The van der Waals surface area contributed by atoms with E-state index in [0.29, 0.717) is 36.7 Å². The van der Waals surface area contributed by atoms with E-state index in [2.05, 4.69) is 9.88 Å². The normalized spacial score (nSPS) is 16.8. The first-order chi connectivity index (χ1) is 12.1. The molecule has 0 aromatic carbocycles. The van der Waals surface area contributed by atoms with Crippen LogP contribution >= 0.6 is 0 Å². The lowest BCUT2D eigenvalue weighted by atomic mass is 10.1. The van der Waals surface area contributed by atoms with Gasteiger partial charge in [0.1, 0.15) is 5.69 Å². The van der Waals surface area contributed by atoms with Crippen LogP contribution in [0.5, 0.6) is 0 Å². The average molecular weight is 343 g/mol. The van der Waals surface area contributed by atoms with Crippen LogP contribution in [-0.4, -0.2) is 64.6 Å². The summed E-state index contributed by atoms with van der Waals surface area (Å²) in [5, 5.41) is 9.77. The largest absolute Gasteiger partial charge is 0.463 e. The molecular formula is C19H25N3O3. The summed E-state index contributed by atoms with van der Waals surface area (Å²) in [7, 11) is 0. The van der Waals surface area contributed by atoms with Crippen molar-refractivity contribution in [2.75, 3.05) is 32.7 Å². The summed E-state index contributed by atoms with van der Waals surface area (Å²) in [6.07, 6.45) is 2.08. The molecule has 134 valence electrons. The van der Waals surface area contributed by atoms with E-state index >= 15 is 0 Å². The van der Waals surface area contributed by atoms with Crippen molar-refractivity contribution in [2.45, 2.75) is 26.4 Å². The zero-order valence-corrected chi connectivity index (χ0v) is 14.8. The monoisotopic (exact) mass is 343 g/mol. The standard InChI is InChI=1S/C19H25N3O3/c1-3-15(23)13-21-8-10-22(11-9-21)19(24)16-6-7-17(20-14(16)2)18-5-4-12-25-18/h4-7,12,15,23H,3,8-11,13H2,1-2H3/t15-/m1/s1. The Labute approximate surface area is 148 Å². The lowest BCUT2D eigenvalue weighted by molar-refractivity contribution is 0.0523. The van der Waals surface area contributed by atoms with Gasteiger partial charge in [0.05, 0.1) is 23.6 Å². The van der Waals surface area contributed by atoms with E-state index in [4.69, 9.17) is 4.42 Å². The number of amides is 1. The molecule has 0 unspecified atom stereocenters. The van der Waals surface area contributed by atoms with Crippen molar-refractivity contribution in [3.05, 3.63) is 41.8 Å². The summed E-state index contributed by atoms with van der Waals surface area (Å²) in [4.78, 5) is 21.4. The molecule has 1 N–H and O–H groups in total. The lowest BCUT2D eigenvalue weighted by Crippen LogP contribution is -2.50. The summed E-state index contributed by atoms with van der Waals surface area (Å²) in [5.74, 6) is 0.719. The van der Waals surface area contributed by atoms with Gasteiger partial charge in [0.15, 0.2) is 5.76 Å². The van der Waals surface area contributed by atoms with Gasteiger partial charge in [0.2, 0.25) is 0 Å². The summed E-state index contributed by atoms with van der Waals surface area (Å²) in [5.41, 5.74) is 2.08. The molecule has 0 spiro atoms. The maximum atomic E-state index is 12.8. The number of carbonyl (C=O) groups is 1. The number of piperazine rings is 1. The molecule has 0 bridgehead atoms. The molecule has 1 atom stereocenters. The Balaban J connectivity index is 1.64. The van der Waals surface area contributed by atoms with Crippen LogP contribution in [0, 0.1) is 6.92 Å². The third kappa shape index (κ3) is 4.08. The van der Waals surface area contributed by atoms with Crippen LogP contribution in [0.2, 0.25) is 0 Å². The van der Waals surface area contributed by atoms with E-state index in [9.17, 15) is 9.90 Å². The maximum absolute atomic E-state index is 12.8. The summed E-state index contributed by atoms with van der Waals surface area (Å²) in [6.45, 7) is 7.44. The number of hydrogen-bond acceptors (Lipinski definition) is 5. The van der Waals surface area contributed by atoms with Crippen molar-refractivity contribution >= 4 is 5.91 Å². The minimum Gasteiger partial charge on any atom is -0.463 e. The number of aliphatic hydroxyl groups excluding tert-OH is 1. The fraction of sp³-hybridized carbons (Fsp3) is 0.474. The van der Waals surface area contributed by atoms with Gasteiger partial charge in [-0.05, 0) is 37.6 Å². The van der Waals surface area contributed by atoms with Gasteiger partial charge < -0.3 is 14.4 Å². The number of aliphatic hydroxyl groups is 1. The van der Waals surface area contributed by atoms with Crippen LogP contribution in [0.25, 0.3) is 11.5 Å². The molecule has 0 radical (unpaired) electrons. The number of pyridine rings is 1. The Morgan fingerprint density at radius 3 is 2.64 bits per heavy atom. The number of furan rings is 1. The number of rotatable bonds is 5. The van der Waals surface area contributed by atoms with Gasteiger partial charge in [-0.15, -0.1) is 0 Å². The molecule has 2 aromatic heterocycles. The second-order valence-corrected chi connectivity index (χ2v) is 6.46. The Bertz CT molecular complexity index is 707. The minimum absolute atomic E-state index is 0.0201. The van der Waals surface area contributed by atoms with Crippen LogP contribution in [0.4, 0.5) is 0 Å². The van der Waals surface area contributed by atoms with E-state index in [1.807, 2.05) is 43.0 Å². The number of β-amino-alcohol motifs (C(OH)–C–C–N with tert-alkyl or cyclic N) is 1. The third-order valence-corrected chi connectivity index (χ3v) is 4.69. The number of nitrogens with zero attached hydrogens (tertiary/aromatic N) is 3. The van der Waals surface area contributed by atoms with Gasteiger partial charge >= 0.3 is 0 Å². The van der Waals surface area contributed by atoms with Crippen molar-refractivity contribution in [2.24, 2.45) is 0 Å². The lowest BCUT2D eigenvalue weighted by Gasteiger charge is -2.35. The fourth-order valence-corrected chi connectivity index (χ4v) is 3.08. The van der Waals surface area contributed by atoms with Crippen molar-refractivity contribution < 1.29 is 14.3 Å². The van der Waals surface area contributed by atoms with Gasteiger partial charge in [0, 0.05) is 32.7 Å². The predicted octanol–water partition coefficient (Wildman–Crippen LogP) is 2.18. The highest BCUT2D eigenvalue weighted by Crippen LogP contribution is 2.20. The molecule has 0 saturated carbocycles. The number of hydrogen-bond donors (Lipinski definition) is 1. The molecule has 3 heterocycles. The van der Waals surface area contributed by atoms with Gasteiger partial charge in [-0.25, -0.2) is 4.98 Å². The fourth-order valence-electron chi connectivity index (χ4n) is 3.08. The van der Waals surface area contributed by atoms with Crippen molar-refractivity contribution in [1.29, 1.82) is 0 Å². The van der Waals surface area contributed by atoms with Crippen LogP contribution in [0.3, 0.4) is 0 Å². The zero-order chi connectivity index (χ0) is 17.8. The van der Waals surface area contributed by atoms with Crippen molar-refractivity contribution in [3.8, 4) is 11.5 Å². The Morgan fingerprint density at radius 2 is 2.04 bits per heavy atom. The highest BCUT2D eigenvalue weighted by Gasteiger charge is 2.24. The Kier molecular flexibility index (Phi) is 5.50. The second kappa shape index (κ2) is 7.80. The van der Waals surface area contributed by atoms with Gasteiger partial charge in [-0.2, -0.15) is 0 Å². The number of carbonyl (C=O) groups excluding carboxylic acids is 1. The quantitative estimate of drug-likeness (QED) is 0.901. The second-order valence-electron chi connectivity index (χ2n) is 6.46. The maximum Gasteiger partial charge on any atom is 0.255 e. The van der Waals surface area contributed by atoms with E-state index in [0.717, 1.165) is 25.2 Å². The molecule has 1 saturated heterocycles. The number of aryl methyl sites for hydroxylation is 1. The third-order valence-electron chi connectivity index (χ3n) is 4.69. The van der Waals surface area contributed by atoms with E-state index in [1.54, 1.807) is 6.26 Å². The Morgan fingerprint density at radius 1 is 1.28 bits per heavy atom. The summed E-state index contributed by atoms with van der Waals surface area (Å²) in [6, 6.07) is 7.33. The Hall–Kier alpha value is -2.18. The molecule has 2 aromatic rings. The molecule has 1 aliphatic rings. The highest BCUT2D eigenvalue weighted by atomic mass is 16.3. The van der Waals surface area contributed by atoms with E-state index in [-0.39, 0.29) is 12.0 Å². The molecule has 1 aliphatic heterocycles. The van der Waals surface area contributed by atoms with E-state index in [1.165, 1.54) is 0 Å². The highest BCUT2D eigenvalue weighted by molar-refractivity contribution is 5.95. The minimum atomic E-state index is -0.289. The van der Waals surface area contributed by atoms with Crippen LogP contribution in [0.1, 0.15) is 29.4 Å². The van der Waals surface area contributed by atoms with Gasteiger partial charge in [-0.3, -0.25) is 9.69 Å². The van der Waals surface area contributed by atoms with Crippen LogP contribution in [0.15, 0.2) is 34.9 Å². The first-order valence-corrected chi connectivity index (χ1v) is 8.79. The predicted molar refractivity (Wildman–Crippen MR) is 95.3 cm³/mol. The number of aromatic nitrogens is 1. The molecule has 0 aliphatic carbocycles. The molecule has 25 heavy (non-hydrogen) atoms. The molecule has 3 rings (SSSR count). The van der Waals surface area contributed by atoms with Gasteiger partial charge in [0.25, 0.3) is 5.91 Å². The summed E-state index contributed by atoms with van der Waals surface area (Å²) >= 11 is 0. The SMILES string of the molecule is CC[C@@H](O)CN1CCN(C(=O)c2ccc(-c3ccco3)nc2C)CC1. The van der Waals surface area contributed by atoms with Crippen LogP contribution < -0.4 is 0 Å².